The largest absolute Gasteiger partial charge is 0.301 e. The Labute approximate surface area is 124 Å². The quantitative estimate of drug-likeness (QED) is 0.818. The van der Waals surface area contributed by atoms with Crippen molar-refractivity contribution in [3.05, 3.63) is 35.6 Å². The molecule has 1 unspecified atom stereocenters. The molecule has 4 nitrogen and oxygen atoms in total. The topological polar surface area (TPSA) is 49.4 Å². The number of halogens is 1. The predicted molar refractivity (Wildman–Crippen MR) is 77.9 cm³/mol. The van der Waals surface area contributed by atoms with Gasteiger partial charge >= 0.3 is 0 Å². The van der Waals surface area contributed by atoms with Crippen LogP contribution in [0, 0.1) is 5.82 Å². The number of amides is 2. The molecule has 21 heavy (non-hydrogen) atoms. The fourth-order valence-electron chi connectivity index (χ4n) is 2.72. The zero-order valence-electron chi connectivity index (χ0n) is 12.4. The summed E-state index contributed by atoms with van der Waals surface area (Å²) in [5.41, 5.74) is 0.499. The van der Waals surface area contributed by atoms with Gasteiger partial charge in [-0.3, -0.25) is 14.5 Å². The van der Waals surface area contributed by atoms with Crippen molar-refractivity contribution in [3.8, 4) is 0 Å². The van der Waals surface area contributed by atoms with Crippen molar-refractivity contribution < 1.29 is 14.0 Å². The van der Waals surface area contributed by atoms with E-state index in [0.29, 0.717) is 5.56 Å². The number of carbonyl (C=O) groups excluding carboxylic acids is 2. The maximum atomic E-state index is 13.5. The molecule has 1 aromatic rings. The van der Waals surface area contributed by atoms with Crippen LogP contribution in [-0.4, -0.2) is 28.8 Å². The van der Waals surface area contributed by atoms with Crippen LogP contribution in [0.4, 0.5) is 4.39 Å². The predicted octanol–water partition coefficient (Wildman–Crippen LogP) is 2.23. The van der Waals surface area contributed by atoms with Gasteiger partial charge in [-0.05, 0) is 18.9 Å². The van der Waals surface area contributed by atoms with Gasteiger partial charge in [-0.15, -0.1) is 0 Å². The summed E-state index contributed by atoms with van der Waals surface area (Å²) >= 11 is 0. The Morgan fingerprint density at radius 3 is 2.57 bits per heavy atom. The first-order valence-corrected chi connectivity index (χ1v) is 7.41. The highest BCUT2D eigenvalue weighted by atomic mass is 19.1. The smallest absolute Gasteiger partial charge is 0.247 e. The Morgan fingerprint density at radius 1 is 1.29 bits per heavy atom. The van der Waals surface area contributed by atoms with Crippen LogP contribution in [0.2, 0.25) is 0 Å². The summed E-state index contributed by atoms with van der Waals surface area (Å²) in [4.78, 5) is 25.7. The Kier molecular flexibility index (Phi) is 5.07. The molecular weight excluding hydrogens is 271 g/mol. The maximum absolute atomic E-state index is 13.5. The second-order valence-electron chi connectivity index (χ2n) is 5.30. The van der Waals surface area contributed by atoms with Gasteiger partial charge in [0.2, 0.25) is 11.8 Å². The highest BCUT2D eigenvalue weighted by Crippen LogP contribution is 2.20. The molecule has 0 spiro atoms. The lowest BCUT2D eigenvalue weighted by molar-refractivity contribution is -0.141. The van der Waals surface area contributed by atoms with E-state index in [1.165, 1.54) is 11.0 Å². The minimum Gasteiger partial charge on any atom is -0.301 e. The lowest BCUT2D eigenvalue weighted by Crippen LogP contribution is -2.43. The van der Waals surface area contributed by atoms with Gasteiger partial charge in [-0.2, -0.15) is 0 Å². The van der Waals surface area contributed by atoms with E-state index >= 15 is 0 Å². The zero-order chi connectivity index (χ0) is 15.4. The minimum absolute atomic E-state index is 0.0368. The molecule has 2 rings (SSSR count). The van der Waals surface area contributed by atoms with E-state index in [1.54, 1.807) is 18.2 Å². The summed E-state index contributed by atoms with van der Waals surface area (Å²) in [5, 5.41) is 3.00. The number of benzene rings is 1. The Morgan fingerprint density at radius 2 is 1.95 bits per heavy atom. The summed E-state index contributed by atoms with van der Waals surface area (Å²) in [6.07, 6.45) is 1.67. The third-order valence-electron chi connectivity index (χ3n) is 3.99. The van der Waals surface area contributed by atoms with E-state index in [-0.39, 0.29) is 36.6 Å². The van der Waals surface area contributed by atoms with E-state index in [9.17, 15) is 14.0 Å². The van der Waals surface area contributed by atoms with Crippen molar-refractivity contribution in [2.75, 3.05) is 0 Å². The number of nitrogens with zero attached hydrogens (tertiary/aromatic N) is 1. The highest BCUT2D eigenvalue weighted by Gasteiger charge is 2.40. The first kappa shape index (κ1) is 15.6. The molecule has 1 N–H and O–H groups in total. The summed E-state index contributed by atoms with van der Waals surface area (Å²) < 4.78 is 13.5. The SMILES string of the molecule is CCC(CC)N1C(=O)CC(NCc2ccccc2F)C1=O. The van der Waals surface area contributed by atoms with Crippen molar-refractivity contribution in [1.29, 1.82) is 0 Å². The fraction of sp³-hybridized carbons (Fsp3) is 0.500. The third-order valence-corrected chi connectivity index (χ3v) is 3.99. The molecule has 0 aromatic heterocycles. The van der Waals surface area contributed by atoms with Gasteiger partial charge in [0.1, 0.15) is 5.82 Å². The Hall–Kier alpha value is -1.75. The number of hydrogen-bond donors (Lipinski definition) is 1. The number of carbonyl (C=O) groups is 2. The van der Waals surface area contributed by atoms with Crippen LogP contribution >= 0.6 is 0 Å². The molecular formula is C16H21FN2O2. The standard InChI is InChI=1S/C16H21FN2O2/c1-3-12(4-2)19-15(20)9-14(16(19)21)18-10-11-7-5-6-8-13(11)17/h5-8,12,14,18H,3-4,9-10H2,1-2H3. The number of rotatable bonds is 6. The lowest BCUT2D eigenvalue weighted by atomic mass is 10.1. The van der Waals surface area contributed by atoms with Gasteiger partial charge in [0.15, 0.2) is 0 Å². The number of imide groups is 1. The van der Waals surface area contributed by atoms with Crippen LogP contribution in [0.1, 0.15) is 38.7 Å². The number of nitrogens with one attached hydrogen (secondary N) is 1. The molecule has 1 fully saturated rings. The van der Waals surface area contributed by atoms with Crippen LogP contribution < -0.4 is 5.32 Å². The molecule has 0 bridgehead atoms. The zero-order valence-corrected chi connectivity index (χ0v) is 12.4. The minimum atomic E-state index is -0.544. The summed E-state index contributed by atoms with van der Waals surface area (Å²) in [6, 6.07) is 5.84. The van der Waals surface area contributed by atoms with Crippen LogP contribution in [0.5, 0.6) is 0 Å². The van der Waals surface area contributed by atoms with Gasteiger partial charge in [-0.25, -0.2) is 4.39 Å². The molecule has 1 aromatic carbocycles. The van der Waals surface area contributed by atoms with Crippen molar-refractivity contribution in [2.24, 2.45) is 0 Å². The average molecular weight is 292 g/mol. The maximum Gasteiger partial charge on any atom is 0.247 e. The van der Waals surface area contributed by atoms with E-state index in [0.717, 1.165) is 12.8 Å². The highest BCUT2D eigenvalue weighted by molar-refractivity contribution is 6.05. The van der Waals surface area contributed by atoms with E-state index in [1.807, 2.05) is 13.8 Å². The molecule has 1 saturated heterocycles. The van der Waals surface area contributed by atoms with Crippen molar-refractivity contribution in [3.63, 3.8) is 0 Å². The Bertz CT molecular complexity index is 529. The van der Waals surface area contributed by atoms with Gasteiger partial charge < -0.3 is 5.32 Å². The second kappa shape index (κ2) is 6.80. The van der Waals surface area contributed by atoms with Gasteiger partial charge in [-0.1, -0.05) is 32.0 Å². The van der Waals surface area contributed by atoms with E-state index < -0.39 is 6.04 Å². The normalized spacial score (nSPS) is 18.9. The van der Waals surface area contributed by atoms with Crippen molar-refractivity contribution >= 4 is 11.8 Å². The molecule has 2 amide bonds. The number of hydrogen-bond acceptors (Lipinski definition) is 3. The molecule has 1 atom stereocenters. The molecule has 114 valence electrons. The first-order chi connectivity index (χ1) is 10.1. The van der Waals surface area contributed by atoms with E-state index in [2.05, 4.69) is 5.32 Å². The summed E-state index contributed by atoms with van der Waals surface area (Å²) in [5.74, 6) is -0.636. The molecule has 0 saturated carbocycles. The monoisotopic (exact) mass is 292 g/mol. The molecule has 5 heteroatoms. The van der Waals surface area contributed by atoms with Crippen molar-refractivity contribution in [2.45, 2.75) is 51.7 Å². The van der Waals surface area contributed by atoms with E-state index in [4.69, 9.17) is 0 Å². The summed E-state index contributed by atoms with van der Waals surface area (Å²) in [7, 11) is 0. The van der Waals surface area contributed by atoms with Gasteiger partial charge in [0.05, 0.1) is 12.5 Å². The van der Waals surface area contributed by atoms with Crippen LogP contribution in [-0.2, 0) is 16.1 Å². The first-order valence-electron chi connectivity index (χ1n) is 7.41. The molecule has 0 radical (unpaired) electrons. The average Bonchev–Trinajstić information content (AvgIpc) is 2.76. The molecule has 1 heterocycles. The molecule has 0 aliphatic carbocycles. The van der Waals surface area contributed by atoms with Gasteiger partial charge in [0, 0.05) is 18.2 Å². The van der Waals surface area contributed by atoms with Crippen LogP contribution in [0.3, 0.4) is 0 Å². The molecule has 1 aliphatic heterocycles. The summed E-state index contributed by atoms with van der Waals surface area (Å²) in [6.45, 7) is 4.18. The van der Waals surface area contributed by atoms with Gasteiger partial charge in [0.25, 0.3) is 0 Å². The van der Waals surface area contributed by atoms with Crippen LogP contribution in [0.15, 0.2) is 24.3 Å². The van der Waals surface area contributed by atoms with Crippen molar-refractivity contribution in [1.82, 2.24) is 10.2 Å². The Balaban J connectivity index is 2.01. The fourth-order valence-corrected chi connectivity index (χ4v) is 2.72. The molecule has 1 aliphatic rings. The second-order valence-corrected chi connectivity index (χ2v) is 5.30. The lowest BCUT2D eigenvalue weighted by Gasteiger charge is -2.24. The van der Waals surface area contributed by atoms with Crippen LogP contribution in [0.25, 0.3) is 0 Å². The number of likely N-dealkylation sites (tertiary alicyclic amines) is 1. The third kappa shape index (κ3) is 3.29.